The molecule has 1 aromatic heterocycles. The van der Waals surface area contributed by atoms with E-state index < -0.39 is 34.6 Å². The predicted octanol–water partition coefficient (Wildman–Crippen LogP) is -0.873. The Morgan fingerprint density at radius 1 is 1.44 bits per heavy atom. The average molecular weight is 375 g/mol. The van der Waals surface area contributed by atoms with Gasteiger partial charge in [-0.3, -0.25) is 4.55 Å². The highest BCUT2D eigenvalue weighted by atomic mass is 32.3. The van der Waals surface area contributed by atoms with E-state index in [0.29, 0.717) is 11.5 Å². The lowest BCUT2D eigenvalue weighted by molar-refractivity contribution is -0.0530. The SMILES string of the molecule is NCC(O)c1nnc([C@@H]2CC3(CC3)[C@@H]3CN2C(=O)N3OS(=O)(=O)O)o1. The van der Waals surface area contributed by atoms with Gasteiger partial charge in [0, 0.05) is 13.1 Å². The van der Waals surface area contributed by atoms with E-state index in [1.165, 1.54) is 4.90 Å². The fourth-order valence-corrected chi connectivity index (χ4v) is 4.02. The molecule has 3 atom stereocenters. The van der Waals surface area contributed by atoms with Crippen molar-refractivity contribution in [3.05, 3.63) is 11.8 Å². The van der Waals surface area contributed by atoms with Crippen molar-refractivity contribution in [2.24, 2.45) is 11.1 Å². The molecule has 1 saturated carbocycles. The van der Waals surface area contributed by atoms with E-state index >= 15 is 0 Å². The molecule has 3 aliphatic rings. The second kappa shape index (κ2) is 5.35. The second-order valence-electron chi connectivity index (χ2n) is 6.59. The van der Waals surface area contributed by atoms with Crippen LogP contribution in [0, 0.1) is 5.41 Å². The van der Waals surface area contributed by atoms with E-state index in [1.807, 2.05) is 0 Å². The summed E-state index contributed by atoms with van der Waals surface area (Å²) in [4.78, 5) is 13.9. The summed E-state index contributed by atoms with van der Waals surface area (Å²) >= 11 is 0. The van der Waals surface area contributed by atoms with Crippen LogP contribution in [-0.2, 0) is 14.7 Å². The van der Waals surface area contributed by atoms with Crippen molar-refractivity contribution in [3.8, 4) is 0 Å². The van der Waals surface area contributed by atoms with Gasteiger partial charge in [-0.25, -0.2) is 4.79 Å². The molecule has 1 spiro atoms. The molecule has 138 valence electrons. The Hall–Kier alpha value is -1.80. The Kier molecular flexibility index (Phi) is 3.56. The molecular formula is C12H17N5O7S. The van der Waals surface area contributed by atoms with Gasteiger partial charge in [0.1, 0.15) is 12.1 Å². The zero-order valence-electron chi connectivity index (χ0n) is 13.0. The lowest BCUT2D eigenvalue weighted by Gasteiger charge is -2.34. The Morgan fingerprint density at radius 2 is 2.16 bits per heavy atom. The van der Waals surface area contributed by atoms with Crippen molar-refractivity contribution in [3.63, 3.8) is 0 Å². The maximum absolute atomic E-state index is 12.6. The summed E-state index contributed by atoms with van der Waals surface area (Å²) < 4.78 is 41.0. The van der Waals surface area contributed by atoms with Crippen LogP contribution in [0.1, 0.15) is 43.2 Å². The summed E-state index contributed by atoms with van der Waals surface area (Å²) in [5.74, 6) is 0.108. The Labute approximate surface area is 142 Å². The number of carbonyl (C=O) groups excluding carboxylic acids is 1. The monoisotopic (exact) mass is 375 g/mol. The fourth-order valence-electron chi connectivity index (χ4n) is 3.65. The van der Waals surface area contributed by atoms with Crippen LogP contribution in [0.15, 0.2) is 4.42 Å². The topological polar surface area (TPSA) is 172 Å². The summed E-state index contributed by atoms with van der Waals surface area (Å²) in [5.41, 5.74) is 5.04. The van der Waals surface area contributed by atoms with Crippen LogP contribution in [0.5, 0.6) is 0 Å². The minimum absolute atomic E-state index is 0.0397. The summed E-state index contributed by atoms with van der Waals surface area (Å²) in [5, 5.41) is 18.1. The van der Waals surface area contributed by atoms with E-state index in [2.05, 4.69) is 14.5 Å². The van der Waals surface area contributed by atoms with Gasteiger partial charge in [0.15, 0.2) is 0 Å². The highest BCUT2D eigenvalue weighted by Crippen LogP contribution is 2.61. The van der Waals surface area contributed by atoms with Crippen molar-refractivity contribution in [2.75, 3.05) is 13.1 Å². The molecule has 2 saturated heterocycles. The highest BCUT2D eigenvalue weighted by molar-refractivity contribution is 7.80. The largest absolute Gasteiger partial charge is 0.420 e. The van der Waals surface area contributed by atoms with Crippen molar-refractivity contribution >= 4 is 16.4 Å². The first-order valence-corrected chi connectivity index (χ1v) is 9.09. The van der Waals surface area contributed by atoms with Crippen LogP contribution in [0.2, 0.25) is 0 Å². The maximum atomic E-state index is 12.6. The van der Waals surface area contributed by atoms with E-state index in [9.17, 15) is 18.3 Å². The summed E-state index contributed by atoms with van der Waals surface area (Å²) in [6, 6.07) is -1.74. The Balaban J connectivity index is 1.64. The number of aromatic nitrogens is 2. The number of fused-ring (bicyclic) bond motifs is 3. The number of hydrogen-bond acceptors (Lipinski definition) is 9. The van der Waals surface area contributed by atoms with Crippen LogP contribution < -0.4 is 5.73 Å². The average Bonchev–Trinajstić information content (AvgIpc) is 3.04. The van der Waals surface area contributed by atoms with Gasteiger partial charge < -0.3 is 20.2 Å². The lowest BCUT2D eigenvalue weighted by Crippen LogP contribution is -2.43. The van der Waals surface area contributed by atoms with Gasteiger partial charge in [0.05, 0.1) is 6.04 Å². The van der Waals surface area contributed by atoms with Gasteiger partial charge in [-0.2, -0.15) is 13.5 Å². The third kappa shape index (κ3) is 2.67. The van der Waals surface area contributed by atoms with Crippen LogP contribution in [0.25, 0.3) is 0 Å². The molecule has 2 aliphatic heterocycles. The lowest BCUT2D eigenvalue weighted by atomic mass is 9.85. The summed E-state index contributed by atoms with van der Waals surface area (Å²) in [6.07, 6.45) is 0.968. The third-order valence-electron chi connectivity index (χ3n) is 5.09. The van der Waals surface area contributed by atoms with Crippen LogP contribution in [0.3, 0.4) is 0 Å². The van der Waals surface area contributed by atoms with Crippen LogP contribution >= 0.6 is 0 Å². The molecule has 1 aliphatic carbocycles. The molecule has 0 radical (unpaired) electrons. The number of hydroxylamine groups is 2. The van der Waals surface area contributed by atoms with E-state index in [1.54, 1.807) is 0 Å². The van der Waals surface area contributed by atoms with Crippen molar-refractivity contribution in [1.29, 1.82) is 0 Å². The van der Waals surface area contributed by atoms with Crippen molar-refractivity contribution in [1.82, 2.24) is 20.2 Å². The fraction of sp³-hybridized carbons (Fsp3) is 0.750. The third-order valence-corrected chi connectivity index (χ3v) is 5.44. The molecule has 0 aromatic carbocycles. The molecule has 12 nitrogen and oxygen atoms in total. The van der Waals surface area contributed by atoms with E-state index in [-0.39, 0.29) is 30.3 Å². The zero-order chi connectivity index (χ0) is 18.0. The number of aliphatic hydroxyl groups excluding tert-OH is 1. The molecule has 4 rings (SSSR count). The number of carbonyl (C=O) groups is 1. The number of nitrogens with zero attached hydrogens (tertiary/aromatic N) is 4. The molecule has 25 heavy (non-hydrogen) atoms. The first kappa shape index (κ1) is 16.7. The molecule has 2 amide bonds. The van der Waals surface area contributed by atoms with Crippen molar-refractivity contribution in [2.45, 2.75) is 37.5 Å². The van der Waals surface area contributed by atoms with Gasteiger partial charge in [-0.1, -0.05) is 0 Å². The van der Waals surface area contributed by atoms with Crippen LogP contribution in [0.4, 0.5) is 4.79 Å². The molecule has 1 unspecified atom stereocenters. The van der Waals surface area contributed by atoms with Gasteiger partial charge in [-0.05, 0) is 24.7 Å². The van der Waals surface area contributed by atoms with E-state index in [0.717, 1.165) is 12.8 Å². The maximum Gasteiger partial charge on any atom is 0.418 e. The number of aliphatic hydroxyl groups is 1. The second-order valence-corrected chi connectivity index (χ2v) is 7.60. The number of urea groups is 1. The number of rotatable bonds is 5. The van der Waals surface area contributed by atoms with Gasteiger partial charge >= 0.3 is 16.4 Å². The normalized spacial score (nSPS) is 28.7. The molecule has 3 fully saturated rings. The number of nitrogens with two attached hydrogens (primary N) is 1. The van der Waals surface area contributed by atoms with Crippen LogP contribution in [-0.4, -0.2) is 63.4 Å². The number of amides is 2. The standard InChI is InChI=1S/C12H17N5O7S/c13-4-7(18)10-15-14-9(23-10)6-3-12(1-2-12)8-5-16(6)11(19)17(8)24-25(20,21)22/h6-8,18H,1-5,13H2,(H,20,21,22)/t6-,7?,8-/m0/s1. The highest BCUT2D eigenvalue weighted by Gasteiger charge is 2.64. The minimum atomic E-state index is -4.81. The smallest absolute Gasteiger partial charge is 0.418 e. The summed E-state index contributed by atoms with van der Waals surface area (Å²) in [6.45, 7) is 0.132. The van der Waals surface area contributed by atoms with Gasteiger partial charge in [-0.15, -0.1) is 14.5 Å². The van der Waals surface area contributed by atoms with Gasteiger partial charge in [0.2, 0.25) is 11.8 Å². The Morgan fingerprint density at radius 3 is 2.76 bits per heavy atom. The Bertz CT molecular complexity index is 807. The minimum Gasteiger partial charge on any atom is -0.420 e. The predicted molar refractivity (Wildman–Crippen MR) is 77.7 cm³/mol. The molecule has 1 aromatic rings. The first-order chi connectivity index (χ1) is 11.7. The molecular weight excluding hydrogens is 358 g/mol. The molecule has 3 heterocycles. The molecule has 4 N–H and O–H groups in total. The van der Waals surface area contributed by atoms with Gasteiger partial charge in [0.25, 0.3) is 0 Å². The van der Waals surface area contributed by atoms with Crippen molar-refractivity contribution < 1.29 is 31.6 Å². The first-order valence-electron chi connectivity index (χ1n) is 7.72. The number of hydrogen-bond donors (Lipinski definition) is 3. The van der Waals surface area contributed by atoms with E-state index in [4.69, 9.17) is 14.7 Å². The quantitative estimate of drug-likeness (QED) is 0.549. The molecule has 13 heteroatoms. The molecule has 2 bridgehead atoms. The number of piperidine rings is 1. The zero-order valence-corrected chi connectivity index (χ0v) is 13.8. The summed E-state index contributed by atoms with van der Waals surface area (Å²) in [7, 11) is -4.81.